The highest BCUT2D eigenvalue weighted by molar-refractivity contribution is 7.10. The Bertz CT molecular complexity index is 1190. The molecule has 0 saturated carbocycles. The molecule has 0 aromatic carbocycles. The Morgan fingerprint density at radius 1 is 1.30 bits per heavy atom. The topological polar surface area (TPSA) is 96.3 Å². The molecule has 0 amide bonds. The van der Waals surface area contributed by atoms with E-state index in [9.17, 15) is 8.78 Å². The summed E-state index contributed by atoms with van der Waals surface area (Å²) in [5.74, 6) is -2.88. The number of nitrogens with one attached hydrogen (secondary N) is 2. The van der Waals surface area contributed by atoms with Crippen LogP contribution in [-0.4, -0.2) is 60.1 Å². The van der Waals surface area contributed by atoms with Gasteiger partial charge in [-0.15, -0.1) is 0 Å². The van der Waals surface area contributed by atoms with Gasteiger partial charge in [-0.2, -0.15) is 18.3 Å². The van der Waals surface area contributed by atoms with Gasteiger partial charge in [0.05, 0.1) is 30.4 Å². The van der Waals surface area contributed by atoms with Gasteiger partial charge in [-0.05, 0) is 31.1 Å². The first-order valence-corrected chi connectivity index (χ1v) is 11.4. The lowest BCUT2D eigenvalue weighted by atomic mass is 10.2. The van der Waals surface area contributed by atoms with Gasteiger partial charge >= 0.3 is 0 Å². The van der Waals surface area contributed by atoms with E-state index in [0.717, 1.165) is 31.3 Å². The predicted molar refractivity (Wildman–Crippen MR) is 123 cm³/mol. The van der Waals surface area contributed by atoms with E-state index in [0.29, 0.717) is 36.1 Å². The third kappa shape index (κ3) is 5.34. The third-order valence-corrected chi connectivity index (χ3v) is 5.87. The highest BCUT2D eigenvalue weighted by Gasteiger charge is 2.29. The molecule has 0 bridgehead atoms. The number of hydrogen-bond donors (Lipinski definition) is 2. The number of alkyl halides is 2. The van der Waals surface area contributed by atoms with Gasteiger partial charge in [0.15, 0.2) is 11.5 Å². The van der Waals surface area contributed by atoms with Crippen LogP contribution >= 0.6 is 11.5 Å². The lowest BCUT2D eigenvalue weighted by Crippen LogP contribution is -2.27. The molecular formula is C21H26F2N8OS. The molecule has 0 spiro atoms. The zero-order valence-electron chi connectivity index (χ0n) is 18.7. The van der Waals surface area contributed by atoms with E-state index < -0.39 is 5.92 Å². The molecule has 0 atom stereocenters. The Labute approximate surface area is 194 Å². The van der Waals surface area contributed by atoms with Crippen LogP contribution in [0.3, 0.4) is 0 Å². The van der Waals surface area contributed by atoms with Gasteiger partial charge in [0.25, 0.3) is 5.92 Å². The molecule has 0 unspecified atom stereocenters. The highest BCUT2D eigenvalue weighted by atomic mass is 32.1. The Hall–Kier alpha value is -2.96. The molecule has 0 aliphatic heterocycles. The van der Waals surface area contributed by atoms with Crippen molar-refractivity contribution < 1.29 is 13.5 Å². The van der Waals surface area contributed by atoms with Crippen LogP contribution in [-0.2, 0) is 17.2 Å². The van der Waals surface area contributed by atoms with Crippen molar-refractivity contribution in [2.75, 3.05) is 31.6 Å². The Morgan fingerprint density at radius 2 is 2.15 bits per heavy atom. The number of aromatic amines is 1. The molecule has 0 aliphatic carbocycles. The van der Waals surface area contributed by atoms with Gasteiger partial charge in [-0.1, -0.05) is 6.92 Å². The minimum atomic E-state index is -3.12. The van der Waals surface area contributed by atoms with Crippen molar-refractivity contribution >= 4 is 28.0 Å². The van der Waals surface area contributed by atoms with Crippen LogP contribution in [0.5, 0.6) is 0 Å². The summed E-state index contributed by atoms with van der Waals surface area (Å²) in [5, 5.41) is 10.5. The van der Waals surface area contributed by atoms with Gasteiger partial charge < -0.3 is 10.1 Å². The van der Waals surface area contributed by atoms with E-state index in [1.54, 1.807) is 23.0 Å². The molecule has 0 saturated heterocycles. The lowest BCUT2D eigenvalue weighted by Gasteiger charge is -2.18. The number of H-pyrrole nitrogens is 1. The maximum absolute atomic E-state index is 14.2. The zero-order chi connectivity index (χ0) is 23.4. The molecule has 9 nitrogen and oxygen atoms in total. The van der Waals surface area contributed by atoms with E-state index in [1.165, 1.54) is 17.7 Å². The number of aromatic nitrogens is 6. The van der Waals surface area contributed by atoms with Crippen LogP contribution in [0, 0.1) is 0 Å². The Kier molecular flexibility index (Phi) is 6.96. The van der Waals surface area contributed by atoms with Gasteiger partial charge in [-0.3, -0.25) is 14.4 Å². The number of rotatable bonds is 11. The molecule has 4 heterocycles. The summed E-state index contributed by atoms with van der Waals surface area (Å²) in [4.78, 5) is 10.8. The fraction of sp³-hybridized carbons (Fsp3) is 0.429. The van der Waals surface area contributed by atoms with Crippen LogP contribution in [0.25, 0.3) is 16.9 Å². The first-order valence-electron chi connectivity index (χ1n) is 10.7. The third-order valence-electron chi connectivity index (χ3n) is 5.13. The number of anilines is 2. The first-order chi connectivity index (χ1) is 15.9. The molecule has 4 aromatic heterocycles. The lowest BCUT2D eigenvalue weighted by molar-refractivity contribution is 0.0124. The summed E-state index contributed by atoms with van der Waals surface area (Å²) in [5.41, 5.74) is 2.32. The van der Waals surface area contributed by atoms with Crippen molar-refractivity contribution in [1.29, 1.82) is 0 Å². The molecule has 12 heteroatoms. The SMILES string of the molecule is CCOCCN(CC)Cc1cc(Nc2nc(C(C)(F)F)cn3c(-c4cn[nH]c4)cnc23)sn1. The number of halogens is 2. The number of likely N-dealkylation sites (N-methyl/N-ethyl adjacent to an activating group) is 1. The van der Waals surface area contributed by atoms with E-state index in [2.05, 4.69) is 41.7 Å². The fourth-order valence-corrected chi connectivity index (χ4v) is 4.02. The molecular weight excluding hydrogens is 450 g/mol. The van der Waals surface area contributed by atoms with Crippen LogP contribution in [0.2, 0.25) is 0 Å². The summed E-state index contributed by atoms with van der Waals surface area (Å²) >= 11 is 1.25. The van der Waals surface area contributed by atoms with Crippen LogP contribution < -0.4 is 5.32 Å². The number of imidazole rings is 1. The fourth-order valence-electron chi connectivity index (χ4n) is 3.37. The second kappa shape index (κ2) is 9.89. The van der Waals surface area contributed by atoms with Crippen LogP contribution in [0.1, 0.15) is 32.2 Å². The average Bonchev–Trinajstić information content (AvgIpc) is 3.53. The van der Waals surface area contributed by atoms with Crippen molar-refractivity contribution in [2.24, 2.45) is 0 Å². The maximum Gasteiger partial charge on any atom is 0.288 e. The van der Waals surface area contributed by atoms with Gasteiger partial charge in [-0.25, -0.2) is 9.97 Å². The van der Waals surface area contributed by atoms with E-state index in [4.69, 9.17) is 4.74 Å². The molecule has 4 aromatic rings. The van der Waals surface area contributed by atoms with Crippen molar-refractivity contribution in [3.05, 3.63) is 42.2 Å². The van der Waals surface area contributed by atoms with Gasteiger partial charge in [0, 0.05) is 44.6 Å². The normalized spacial score (nSPS) is 12.2. The van der Waals surface area contributed by atoms with E-state index in [1.807, 2.05) is 13.0 Å². The van der Waals surface area contributed by atoms with Gasteiger partial charge in [0.2, 0.25) is 0 Å². The molecule has 0 aliphatic rings. The minimum absolute atomic E-state index is 0.239. The largest absolute Gasteiger partial charge is 0.380 e. The van der Waals surface area contributed by atoms with Crippen molar-refractivity contribution in [1.82, 2.24) is 33.8 Å². The zero-order valence-corrected chi connectivity index (χ0v) is 19.5. The van der Waals surface area contributed by atoms with Crippen molar-refractivity contribution in [2.45, 2.75) is 33.2 Å². The molecule has 176 valence electrons. The minimum Gasteiger partial charge on any atom is -0.380 e. The summed E-state index contributed by atoms with van der Waals surface area (Å²) in [6.45, 7) is 8.59. The predicted octanol–water partition coefficient (Wildman–Crippen LogP) is 4.29. The molecule has 4 rings (SSSR count). The second-order valence-electron chi connectivity index (χ2n) is 7.56. The van der Waals surface area contributed by atoms with E-state index >= 15 is 0 Å². The van der Waals surface area contributed by atoms with Crippen LogP contribution in [0.15, 0.2) is 30.9 Å². The molecule has 33 heavy (non-hydrogen) atoms. The first kappa shape index (κ1) is 23.2. The average molecular weight is 477 g/mol. The summed E-state index contributed by atoms with van der Waals surface area (Å²) in [7, 11) is 0. The molecule has 0 radical (unpaired) electrons. The highest BCUT2D eigenvalue weighted by Crippen LogP contribution is 2.32. The maximum atomic E-state index is 14.2. The van der Waals surface area contributed by atoms with Crippen LogP contribution in [0.4, 0.5) is 19.6 Å². The Morgan fingerprint density at radius 3 is 2.85 bits per heavy atom. The Balaban J connectivity index is 1.61. The van der Waals surface area contributed by atoms with E-state index in [-0.39, 0.29) is 11.5 Å². The second-order valence-corrected chi connectivity index (χ2v) is 8.37. The van der Waals surface area contributed by atoms with Crippen molar-refractivity contribution in [3.63, 3.8) is 0 Å². The molecule has 0 fully saturated rings. The summed E-state index contributed by atoms with van der Waals surface area (Å²) in [6, 6.07) is 1.91. The van der Waals surface area contributed by atoms with Crippen molar-refractivity contribution in [3.8, 4) is 11.3 Å². The standard InChI is InChI=1S/C21H26F2N8OS/c1-4-30(6-7-32-5-2)12-15-8-18(33-29-15)28-19-20-24-11-16(14-9-25-26-10-14)31(20)13-17(27-19)21(3,22)23/h8-11,13H,4-7,12H2,1-3H3,(H,25,26)(H,27,28). The quantitative estimate of drug-likeness (QED) is 0.312. The summed E-state index contributed by atoms with van der Waals surface area (Å²) in [6.07, 6.45) is 6.22. The number of ether oxygens (including phenoxy) is 1. The summed E-state index contributed by atoms with van der Waals surface area (Å²) < 4.78 is 40.0. The number of nitrogens with zero attached hydrogens (tertiary/aromatic N) is 6. The number of fused-ring (bicyclic) bond motifs is 1. The smallest absolute Gasteiger partial charge is 0.288 e. The van der Waals surface area contributed by atoms with Gasteiger partial charge in [0.1, 0.15) is 10.7 Å². The molecule has 2 N–H and O–H groups in total. The monoisotopic (exact) mass is 476 g/mol. The number of hydrogen-bond acceptors (Lipinski definition) is 8.